The molecule has 3 heterocycles. The van der Waals surface area contributed by atoms with E-state index in [0.29, 0.717) is 5.56 Å². The maximum Gasteiger partial charge on any atom is 0.374 e. The molecule has 0 saturated carbocycles. The van der Waals surface area contributed by atoms with Gasteiger partial charge < -0.3 is 9.15 Å². The first kappa shape index (κ1) is 14.2. The number of ether oxygens (including phenoxy) is 1. The van der Waals surface area contributed by atoms with Crippen molar-refractivity contribution in [2.75, 3.05) is 7.11 Å². The van der Waals surface area contributed by atoms with Crippen LogP contribution in [0.1, 0.15) is 33.0 Å². The first-order valence-corrected chi connectivity index (χ1v) is 8.15. The Labute approximate surface area is 135 Å². The van der Waals surface area contributed by atoms with E-state index in [9.17, 15) is 9.59 Å². The van der Waals surface area contributed by atoms with Crippen molar-refractivity contribution >= 4 is 27.5 Å². The van der Waals surface area contributed by atoms with Crippen LogP contribution in [0, 0.1) is 0 Å². The molecule has 0 spiro atoms. The van der Waals surface area contributed by atoms with Gasteiger partial charge in [-0.25, -0.2) is 9.78 Å². The molecule has 0 bridgehead atoms. The number of rotatable bonds is 3. The fourth-order valence-corrected chi connectivity index (χ4v) is 4.27. The van der Waals surface area contributed by atoms with Gasteiger partial charge in [0.15, 0.2) is 0 Å². The number of aromatic nitrogens is 2. The quantitative estimate of drug-likeness (QED) is 0.689. The van der Waals surface area contributed by atoms with Gasteiger partial charge in [-0.1, -0.05) is 0 Å². The van der Waals surface area contributed by atoms with Crippen molar-refractivity contribution < 1.29 is 13.9 Å². The van der Waals surface area contributed by atoms with Gasteiger partial charge in [0.05, 0.1) is 31.6 Å². The van der Waals surface area contributed by atoms with Crippen LogP contribution in [0.3, 0.4) is 0 Å². The largest absolute Gasteiger partial charge is 0.463 e. The average Bonchev–Trinajstić information content (AvgIpc) is 3.24. The minimum atomic E-state index is -0.552. The highest BCUT2D eigenvalue weighted by Gasteiger charge is 2.22. The molecule has 0 radical (unpaired) electrons. The van der Waals surface area contributed by atoms with Crippen LogP contribution in [0.15, 0.2) is 27.9 Å². The third-order valence-electron chi connectivity index (χ3n) is 4.15. The van der Waals surface area contributed by atoms with E-state index in [1.54, 1.807) is 17.4 Å². The molecule has 4 rings (SSSR count). The minimum Gasteiger partial charge on any atom is -0.463 e. The van der Waals surface area contributed by atoms with Gasteiger partial charge in [-0.2, -0.15) is 0 Å². The molecule has 118 valence electrons. The van der Waals surface area contributed by atoms with E-state index < -0.39 is 5.97 Å². The van der Waals surface area contributed by atoms with Crippen LogP contribution in [0.2, 0.25) is 0 Å². The first-order valence-electron chi connectivity index (χ1n) is 7.33. The Hall–Kier alpha value is -2.41. The Balaban J connectivity index is 1.79. The summed E-state index contributed by atoms with van der Waals surface area (Å²) in [5.41, 5.74) is 1.69. The van der Waals surface area contributed by atoms with Crippen LogP contribution in [0.4, 0.5) is 0 Å². The molecule has 0 aromatic carbocycles. The number of thiophene rings is 1. The Bertz CT molecular complexity index is 966. The highest BCUT2D eigenvalue weighted by atomic mass is 32.1. The monoisotopic (exact) mass is 330 g/mol. The van der Waals surface area contributed by atoms with Crippen LogP contribution in [-0.2, 0) is 24.1 Å². The van der Waals surface area contributed by atoms with Crippen molar-refractivity contribution in [3.05, 3.63) is 50.8 Å². The van der Waals surface area contributed by atoms with Crippen LogP contribution in [0.5, 0.6) is 0 Å². The maximum absolute atomic E-state index is 12.8. The van der Waals surface area contributed by atoms with E-state index in [4.69, 9.17) is 4.42 Å². The summed E-state index contributed by atoms with van der Waals surface area (Å²) in [6, 6.07) is 1.67. The molecule has 0 N–H and O–H groups in total. The second-order valence-electron chi connectivity index (χ2n) is 5.48. The van der Waals surface area contributed by atoms with Gasteiger partial charge in [-0.15, -0.1) is 11.3 Å². The normalized spacial score (nSPS) is 13.4. The molecular formula is C16H14N2O4S. The second kappa shape index (κ2) is 5.34. The summed E-state index contributed by atoms with van der Waals surface area (Å²) >= 11 is 1.61. The predicted octanol–water partition coefficient (Wildman–Crippen LogP) is 2.37. The molecule has 3 aromatic heterocycles. The van der Waals surface area contributed by atoms with E-state index in [1.807, 2.05) is 0 Å². The van der Waals surface area contributed by atoms with E-state index in [0.717, 1.165) is 35.0 Å². The summed E-state index contributed by atoms with van der Waals surface area (Å²) in [7, 11) is 1.29. The molecule has 1 aliphatic carbocycles. The van der Waals surface area contributed by atoms with Gasteiger partial charge >= 0.3 is 5.97 Å². The van der Waals surface area contributed by atoms with Gasteiger partial charge in [0.2, 0.25) is 5.76 Å². The number of aryl methyl sites for hydroxylation is 2. The van der Waals surface area contributed by atoms with Crippen molar-refractivity contribution in [1.82, 2.24) is 9.55 Å². The van der Waals surface area contributed by atoms with Gasteiger partial charge in [-0.05, 0) is 30.9 Å². The summed E-state index contributed by atoms with van der Waals surface area (Å²) in [6.07, 6.45) is 6.02. The molecule has 0 saturated heterocycles. The third kappa shape index (κ3) is 2.19. The average molecular weight is 330 g/mol. The van der Waals surface area contributed by atoms with E-state index in [-0.39, 0.29) is 17.9 Å². The fourth-order valence-electron chi connectivity index (χ4n) is 3.05. The second-order valence-corrected chi connectivity index (χ2v) is 6.57. The first-order chi connectivity index (χ1) is 11.2. The lowest BCUT2D eigenvalue weighted by Crippen LogP contribution is -2.22. The summed E-state index contributed by atoms with van der Waals surface area (Å²) in [6.45, 7) is 0.229. The minimum absolute atomic E-state index is 0.0635. The molecule has 0 amide bonds. The molecule has 0 unspecified atom stereocenters. The van der Waals surface area contributed by atoms with Crippen LogP contribution in [0.25, 0.3) is 10.2 Å². The summed E-state index contributed by atoms with van der Waals surface area (Å²) < 4.78 is 11.4. The molecule has 3 aromatic rings. The smallest absolute Gasteiger partial charge is 0.374 e. The van der Waals surface area contributed by atoms with E-state index >= 15 is 0 Å². The zero-order valence-corrected chi connectivity index (χ0v) is 13.3. The molecule has 0 atom stereocenters. The molecule has 6 nitrogen and oxygen atoms in total. The summed E-state index contributed by atoms with van der Waals surface area (Å²) in [5, 5.41) is 0.730. The lowest BCUT2D eigenvalue weighted by molar-refractivity contribution is 0.0563. The SMILES string of the molecule is COC(=O)c1occc1Cn1cnc2sc3c(c2c1=O)CCC3. The number of carbonyl (C=O) groups is 1. The number of esters is 1. The Morgan fingerprint density at radius 1 is 1.48 bits per heavy atom. The number of furan rings is 1. The Kier molecular flexibility index (Phi) is 3.30. The molecule has 7 heteroatoms. The predicted molar refractivity (Wildman–Crippen MR) is 85.1 cm³/mol. The number of carbonyl (C=O) groups excluding carboxylic acids is 1. The van der Waals surface area contributed by atoms with Crippen LogP contribution >= 0.6 is 11.3 Å². The maximum atomic E-state index is 12.8. The Morgan fingerprint density at radius 3 is 3.17 bits per heavy atom. The van der Waals surface area contributed by atoms with Gasteiger partial charge in [0, 0.05) is 10.4 Å². The zero-order chi connectivity index (χ0) is 16.0. The standard InChI is InChI=1S/C16H14N2O4S/c1-21-16(20)13-9(5-6-22-13)7-18-8-17-14-12(15(18)19)10-3-2-4-11(10)23-14/h5-6,8H,2-4,7H2,1H3. The number of hydrogen-bond acceptors (Lipinski definition) is 6. The van der Waals surface area contributed by atoms with Crippen molar-refractivity contribution in [3.8, 4) is 0 Å². The van der Waals surface area contributed by atoms with Crippen LogP contribution in [-0.4, -0.2) is 22.6 Å². The molecule has 23 heavy (non-hydrogen) atoms. The van der Waals surface area contributed by atoms with Crippen molar-refractivity contribution in [2.24, 2.45) is 0 Å². The fraction of sp³-hybridized carbons (Fsp3) is 0.312. The summed E-state index contributed by atoms with van der Waals surface area (Å²) in [5.74, 6) is -0.432. The molecular weight excluding hydrogens is 316 g/mol. The van der Waals surface area contributed by atoms with Crippen molar-refractivity contribution in [1.29, 1.82) is 0 Å². The zero-order valence-electron chi connectivity index (χ0n) is 12.5. The number of methoxy groups -OCH3 is 1. The molecule has 0 fully saturated rings. The lowest BCUT2D eigenvalue weighted by Gasteiger charge is -2.05. The number of hydrogen-bond donors (Lipinski definition) is 0. The summed E-state index contributed by atoms with van der Waals surface area (Å²) in [4.78, 5) is 31.0. The topological polar surface area (TPSA) is 74.3 Å². The van der Waals surface area contributed by atoms with Crippen LogP contribution < -0.4 is 5.56 Å². The van der Waals surface area contributed by atoms with Crippen molar-refractivity contribution in [2.45, 2.75) is 25.8 Å². The van der Waals surface area contributed by atoms with Gasteiger partial charge in [-0.3, -0.25) is 9.36 Å². The highest BCUT2D eigenvalue weighted by molar-refractivity contribution is 7.18. The van der Waals surface area contributed by atoms with Crippen molar-refractivity contribution in [3.63, 3.8) is 0 Å². The van der Waals surface area contributed by atoms with Gasteiger partial charge in [0.1, 0.15) is 4.83 Å². The molecule has 0 aliphatic heterocycles. The lowest BCUT2D eigenvalue weighted by atomic mass is 10.2. The Morgan fingerprint density at radius 2 is 2.35 bits per heavy atom. The number of fused-ring (bicyclic) bond motifs is 3. The van der Waals surface area contributed by atoms with E-state index in [1.165, 1.54) is 29.1 Å². The third-order valence-corrected chi connectivity index (χ3v) is 5.35. The van der Waals surface area contributed by atoms with Gasteiger partial charge in [0.25, 0.3) is 5.56 Å². The molecule has 1 aliphatic rings. The van der Waals surface area contributed by atoms with E-state index in [2.05, 4.69) is 9.72 Å². The highest BCUT2D eigenvalue weighted by Crippen LogP contribution is 2.34. The number of nitrogens with zero attached hydrogens (tertiary/aromatic N) is 2.